The van der Waals surface area contributed by atoms with Crippen LogP contribution in [0.4, 0.5) is 4.39 Å². The maximum Gasteiger partial charge on any atom is 0.332 e. The van der Waals surface area contributed by atoms with Crippen LogP contribution in [-0.2, 0) is 7.05 Å². The zero-order valence-electron chi connectivity index (χ0n) is 12.4. The summed E-state index contributed by atoms with van der Waals surface area (Å²) in [5.41, 5.74) is 1.48. The second-order valence-electron chi connectivity index (χ2n) is 5.18. The number of aryl methyl sites for hydroxylation is 2. The van der Waals surface area contributed by atoms with Crippen molar-refractivity contribution < 1.29 is 9.50 Å². The van der Waals surface area contributed by atoms with Crippen molar-refractivity contribution in [2.75, 3.05) is 0 Å². The third-order valence-electron chi connectivity index (χ3n) is 3.54. The van der Waals surface area contributed by atoms with Crippen LogP contribution in [0.2, 0.25) is 0 Å². The number of halogens is 2. The fraction of sp³-hybridized carbons (Fsp3) is 0.125. The molecule has 3 aromatic rings. The van der Waals surface area contributed by atoms with Gasteiger partial charge >= 0.3 is 5.69 Å². The van der Waals surface area contributed by atoms with E-state index in [0.29, 0.717) is 21.4 Å². The van der Waals surface area contributed by atoms with Gasteiger partial charge in [-0.15, -0.1) is 0 Å². The molecular formula is C16H13BrFN3O2. The molecule has 7 heteroatoms. The maximum atomic E-state index is 14.5. The average molecular weight is 378 g/mol. The molecule has 0 atom stereocenters. The Balaban J connectivity index is 2.14. The zero-order valence-corrected chi connectivity index (χ0v) is 14.0. The van der Waals surface area contributed by atoms with Gasteiger partial charge in [0, 0.05) is 30.7 Å². The van der Waals surface area contributed by atoms with Crippen molar-refractivity contribution in [3.63, 3.8) is 0 Å². The second-order valence-corrected chi connectivity index (χ2v) is 5.93. The summed E-state index contributed by atoms with van der Waals surface area (Å²) in [4.78, 5) is 16.0. The van der Waals surface area contributed by atoms with Gasteiger partial charge in [-0.05, 0) is 46.6 Å². The molecule has 2 heterocycles. The van der Waals surface area contributed by atoms with E-state index in [1.54, 1.807) is 32.3 Å². The molecule has 0 saturated carbocycles. The van der Waals surface area contributed by atoms with Gasteiger partial charge in [0.05, 0.1) is 5.69 Å². The summed E-state index contributed by atoms with van der Waals surface area (Å²) >= 11 is 3.17. The fourth-order valence-electron chi connectivity index (χ4n) is 2.37. The number of hydrogen-bond donors (Lipinski definition) is 1. The van der Waals surface area contributed by atoms with Crippen molar-refractivity contribution in [1.29, 1.82) is 0 Å². The SMILES string of the molecule is Cc1cc(-c2ccc(-n3ccn(C)c3=O)c(F)c2)c(O)c(Br)n1. The minimum Gasteiger partial charge on any atom is -0.505 e. The second kappa shape index (κ2) is 5.66. The number of pyridine rings is 1. The van der Waals surface area contributed by atoms with E-state index in [0.717, 1.165) is 0 Å². The first kappa shape index (κ1) is 15.5. The molecule has 2 aromatic heterocycles. The largest absolute Gasteiger partial charge is 0.505 e. The highest BCUT2D eigenvalue weighted by molar-refractivity contribution is 9.10. The van der Waals surface area contributed by atoms with Gasteiger partial charge in [-0.2, -0.15) is 0 Å². The Morgan fingerprint density at radius 2 is 2.00 bits per heavy atom. The molecule has 1 N–H and O–H groups in total. The topological polar surface area (TPSA) is 60.0 Å². The van der Waals surface area contributed by atoms with Crippen LogP contribution in [0.5, 0.6) is 5.75 Å². The lowest BCUT2D eigenvalue weighted by molar-refractivity contribution is 0.470. The van der Waals surface area contributed by atoms with Crippen molar-refractivity contribution in [2.24, 2.45) is 7.05 Å². The predicted molar refractivity (Wildman–Crippen MR) is 88.3 cm³/mol. The first-order valence-electron chi connectivity index (χ1n) is 6.79. The van der Waals surface area contributed by atoms with E-state index in [1.165, 1.54) is 27.5 Å². The minimum atomic E-state index is -0.555. The summed E-state index contributed by atoms with van der Waals surface area (Å²) in [6.45, 7) is 1.78. The molecule has 0 aliphatic carbocycles. The molecule has 0 aliphatic heterocycles. The minimum absolute atomic E-state index is 0.0559. The van der Waals surface area contributed by atoms with Crippen LogP contribution >= 0.6 is 15.9 Å². The molecule has 0 radical (unpaired) electrons. The lowest BCUT2D eigenvalue weighted by Crippen LogP contribution is -2.21. The molecule has 118 valence electrons. The van der Waals surface area contributed by atoms with E-state index in [-0.39, 0.29) is 17.1 Å². The van der Waals surface area contributed by atoms with Gasteiger partial charge in [0.2, 0.25) is 0 Å². The number of hydrogen-bond acceptors (Lipinski definition) is 3. The van der Waals surface area contributed by atoms with E-state index in [4.69, 9.17) is 0 Å². The Morgan fingerprint density at radius 3 is 2.61 bits per heavy atom. The number of rotatable bonds is 2. The third-order valence-corrected chi connectivity index (χ3v) is 4.10. The highest BCUT2D eigenvalue weighted by atomic mass is 79.9. The molecule has 3 rings (SSSR count). The first-order chi connectivity index (χ1) is 10.9. The van der Waals surface area contributed by atoms with E-state index < -0.39 is 5.82 Å². The van der Waals surface area contributed by atoms with E-state index >= 15 is 0 Å². The summed E-state index contributed by atoms with van der Waals surface area (Å²) < 4.78 is 17.4. The van der Waals surface area contributed by atoms with Crippen LogP contribution in [0.3, 0.4) is 0 Å². The lowest BCUT2D eigenvalue weighted by atomic mass is 10.0. The summed E-state index contributed by atoms with van der Waals surface area (Å²) in [5.74, 6) is -0.611. The van der Waals surface area contributed by atoms with Gasteiger partial charge in [0.15, 0.2) is 5.75 Å². The molecule has 0 spiro atoms. The van der Waals surface area contributed by atoms with Gasteiger partial charge < -0.3 is 9.67 Å². The van der Waals surface area contributed by atoms with Gasteiger partial charge in [-0.25, -0.2) is 14.2 Å². The Hall–Kier alpha value is -2.41. The van der Waals surface area contributed by atoms with Crippen molar-refractivity contribution in [3.8, 4) is 22.6 Å². The molecule has 0 bridgehead atoms. The maximum absolute atomic E-state index is 14.5. The van der Waals surface area contributed by atoms with Crippen LogP contribution in [0, 0.1) is 12.7 Å². The molecule has 0 aliphatic rings. The highest BCUT2D eigenvalue weighted by Crippen LogP contribution is 2.35. The number of imidazole rings is 1. The highest BCUT2D eigenvalue weighted by Gasteiger charge is 2.14. The number of benzene rings is 1. The average Bonchev–Trinajstić information content (AvgIpc) is 2.83. The number of aromatic hydroxyl groups is 1. The van der Waals surface area contributed by atoms with E-state index in [9.17, 15) is 14.3 Å². The third kappa shape index (κ3) is 2.68. The monoisotopic (exact) mass is 377 g/mol. The Labute approximate surface area is 139 Å². The summed E-state index contributed by atoms with van der Waals surface area (Å²) in [7, 11) is 1.60. The molecule has 0 amide bonds. The van der Waals surface area contributed by atoms with Crippen LogP contribution < -0.4 is 5.69 Å². The Kier molecular flexibility index (Phi) is 3.81. The van der Waals surface area contributed by atoms with Crippen molar-refractivity contribution in [3.05, 3.63) is 63.3 Å². The van der Waals surface area contributed by atoms with Gasteiger partial charge in [0.25, 0.3) is 0 Å². The molecule has 23 heavy (non-hydrogen) atoms. The molecule has 0 unspecified atom stereocenters. The van der Waals surface area contributed by atoms with Gasteiger partial charge in [0.1, 0.15) is 10.4 Å². The van der Waals surface area contributed by atoms with Crippen molar-refractivity contribution in [1.82, 2.24) is 14.1 Å². The molecule has 0 fully saturated rings. The normalized spacial score (nSPS) is 11.0. The van der Waals surface area contributed by atoms with Crippen molar-refractivity contribution in [2.45, 2.75) is 6.92 Å². The van der Waals surface area contributed by atoms with Crippen LogP contribution in [0.15, 0.2) is 46.1 Å². The summed E-state index contributed by atoms with van der Waals surface area (Å²) in [6, 6.07) is 6.12. The standard InChI is InChI=1S/C16H13BrFN3O2/c1-9-7-11(14(22)15(17)19-9)10-3-4-13(12(18)8-10)21-6-5-20(2)16(21)23/h3-8,22H,1-2H3. The Bertz CT molecular complexity index is 962. The fourth-order valence-corrected chi connectivity index (χ4v) is 2.86. The van der Waals surface area contributed by atoms with Gasteiger partial charge in [-0.3, -0.25) is 4.57 Å². The molecular weight excluding hydrogens is 365 g/mol. The van der Waals surface area contributed by atoms with E-state index in [1.807, 2.05) is 0 Å². The van der Waals surface area contributed by atoms with Crippen LogP contribution in [0.25, 0.3) is 16.8 Å². The first-order valence-corrected chi connectivity index (χ1v) is 7.58. The van der Waals surface area contributed by atoms with Crippen LogP contribution in [0.1, 0.15) is 5.69 Å². The van der Waals surface area contributed by atoms with E-state index in [2.05, 4.69) is 20.9 Å². The molecule has 1 aromatic carbocycles. The smallest absolute Gasteiger partial charge is 0.332 e. The number of nitrogens with zero attached hydrogens (tertiary/aromatic N) is 3. The Morgan fingerprint density at radius 1 is 1.26 bits per heavy atom. The summed E-state index contributed by atoms with van der Waals surface area (Å²) in [5, 5.41) is 10.1. The lowest BCUT2D eigenvalue weighted by Gasteiger charge is -2.10. The van der Waals surface area contributed by atoms with Gasteiger partial charge in [-0.1, -0.05) is 6.07 Å². The summed E-state index contributed by atoms with van der Waals surface area (Å²) in [6.07, 6.45) is 3.07. The van der Waals surface area contributed by atoms with Crippen molar-refractivity contribution >= 4 is 15.9 Å². The molecule has 0 saturated heterocycles. The zero-order chi connectivity index (χ0) is 16.7. The molecule has 5 nitrogen and oxygen atoms in total. The van der Waals surface area contributed by atoms with Crippen LogP contribution in [-0.4, -0.2) is 19.2 Å². The number of aromatic nitrogens is 3. The predicted octanol–water partition coefficient (Wildman–Crippen LogP) is 3.15. The quantitative estimate of drug-likeness (QED) is 0.697.